The molecule has 3 saturated heterocycles. The van der Waals surface area contributed by atoms with Crippen LogP contribution in [0.15, 0.2) is 0 Å². The summed E-state index contributed by atoms with van der Waals surface area (Å²) >= 11 is 0. The molecule has 0 spiro atoms. The number of carbonyl (C=O) groups is 2. The number of carbonyl (C=O) groups excluding carboxylic acids is 2. The summed E-state index contributed by atoms with van der Waals surface area (Å²) in [7, 11) is 0. The van der Waals surface area contributed by atoms with Crippen molar-refractivity contribution in [3.63, 3.8) is 0 Å². The van der Waals surface area contributed by atoms with Crippen LogP contribution in [0.5, 0.6) is 0 Å². The third-order valence-electron chi connectivity index (χ3n) is 3.50. The van der Waals surface area contributed by atoms with Crippen LogP contribution >= 0.6 is 0 Å². The van der Waals surface area contributed by atoms with E-state index in [-0.39, 0.29) is 17.9 Å². The van der Waals surface area contributed by atoms with Crippen LogP contribution in [-0.2, 0) is 19.1 Å². The lowest BCUT2D eigenvalue weighted by Crippen LogP contribution is -2.57. The predicted octanol–water partition coefficient (Wildman–Crippen LogP) is -1.11. The van der Waals surface area contributed by atoms with Gasteiger partial charge in [-0.05, 0) is 12.8 Å². The molecule has 0 aromatic rings. The zero-order valence-corrected chi connectivity index (χ0v) is 9.55. The molecule has 2 amide bonds. The molecule has 3 unspecified atom stereocenters. The van der Waals surface area contributed by atoms with Crippen LogP contribution in [-0.4, -0.2) is 61.3 Å². The summed E-state index contributed by atoms with van der Waals surface area (Å²) in [6.45, 7) is 2.40. The quantitative estimate of drug-likeness (QED) is 0.620. The third kappa shape index (κ3) is 1.96. The van der Waals surface area contributed by atoms with E-state index in [9.17, 15) is 9.59 Å². The fraction of sp³-hybridized carbons (Fsp3) is 0.818. The zero-order valence-electron chi connectivity index (χ0n) is 9.55. The van der Waals surface area contributed by atoms with Crippen LogP contribution in [0.1, 0.15) is 12.8 Å². The van der Waals surface area contributed by atoms with Gasteiger partial charge < -0.3 is 14.8 Å². The van der Waals surface area contributed by atoms with Gasteiger partial charge in [0.25, 0.3) is 11.8 Å². The molecule has 17 heavy (non-hydrogen) atoms. The van der Waals surface area contributed by atoms with Gasteiger partial charge in [-0.1, -0.05) is 0 Å². The molecule has 0 saturated carbocycles. The van der Waals surface area contributed by atoms with Gasteiger partial charge in [-0.2, -0.15) is 0 Å². The highest BCUT2D eigenvalue weighted by molar-refractivity contribution is 6.02. The van der Waals surface area contributed by atoms with Crippen LogP contribution in [0.4, 0.5) is 0 Å². The number of likely N-dealkylation sites (tertiary alicyclic amines) is 1. The van der Waals surface area contributed by atoms with E-state index in [1.165, 1.54) is 4.90 Å². The molecule has 3 fully saturated rings. The Labute approximate surface area is 99.2 Å². The maximum absolute atomic E-state index is 12.0. The van der Waals surface area contributed by atoms with Crippen LogP contribution in [0.25, 0.3) is 0 Å². The zero-order chi connectivity index (χ0) is 11.8. The van der Waals surface area contributed by atoms with Gasteiger partial charge in [0.15, 0.2) is 0 Å². The highest BCUT2D eigenvalue weighted by Gasteiger charge is 2.46. The van der Waals surface area contributed by atoms with Gasteiger partial charge >= 0.3 is 0 Å². The Morgan fingerprint density at radius 3 is 2.53 bits per heavy atom. The van der Waals surface area contributed by atoms with Crippen molar-refractivity contribution in [2.24, 2.45) is 0 Å². The van der Waals surface area contributed by atoms with Gasteiger partial charge in [0.2, 0.25) is 0 Å². The Balaban J connectivity index is 1.68. The number of fused-ring (bicyclic) bond motifs is 2. The average Bonchev–Trinajstić information content (AvgIpc) is 2.81. The molecule has 1 N–H and O–H groups in total. The Bertz CT molecular complexity index is 318. The number of nitrogens with one attached hydrogen (secondary N) is 1. The van der Waals surface area contributed by atoms with Crippen LogP contribution in [0, 0.1) is 0 Å². The van der Waals surface area contributed by atoms with Crippen molar-refractivity contribution in [3.05, 3.63) is 0 Å². The Kier molecular flexibility index (Phi) is 2.85. The number of imide groups is 1. The average molecular weight is 240 g/mol. The third-order valence-corrected chi connectivity index (χ3v) is 3.50. The molecule has 0 aromatic heterocycles. The van der Waals surface area contributed by atoms with Gasteiger partial charge in [0.1, 0.15) is 12.2 Å². The highest BCUT2D eigenvalue weighted by Crippen LogP contribution is 2.28. The maximum atomic E-state index is 12.0. The lowest BCUT2D eigenvalue weighted by atomic mass is 10.2. The van der Waals surface area contributed by atoms with Crippen molar-refractivity contribution in [2.75, 3.05) is 26.3 Å². The molecule has 3 aliphatic rings. The Hall–Kier alpha value is -0.980. The molecule has 0 aliphatic carbocycles. The first-order valence-corrected chi connectivity index (χ1v) is 6.07. The second-order valence-electron chi connectivity index (χ2n) is 4.70. The molecule has 0 radical (unpaired) electrons. The smallest absolute Gasteiger partial charge is 0.258 e. The van der Waals surface area contributed by atoms with Gasteiger partial charge in [0, 0.05) is 19.1 Å². The molecule has 0 aromatic carbocycles. The number of rotatable bonds is 2. The lowest BCUT2D eigenvalue weighted by molar-refractivity contribution is -0.169. The fourth-order valence-corrected chi connectivity index (χ4v) is 2.59. The van der Waals surface area contributed by atoms with Crippen LogP contribution in [0.3, 0.4) is 0 Å². The number of amides is 2. The number of morpholine rings is 2. The van der Waals surface area contributed by atoms with E-state index in [1.807, 2.05) is 0 Å². The molecule has 3 atom stereocenters. The van der Waals surface area contributed by atoms with Crippen molar-refractivity contribution < 1.29 is 19.1 Å². The fourth-order valence-electron chi connectivity index (χ4n) is 2.59. The lowest BCUT2D eigenvalue weighted by Gasteiger charge is -2.34. The summed E-state index contributed by atoms with van der Waals surface area (Å²) < 4.78 is 10.7. The molecule has 2 bridgehead atoms. The summed E-state index contributed by atoms with van der Waals surface area (Å²) in [6.07, 6.45) is 0.533. The largest absolute Gasteiger partial charge is 0.378 e. The van der Waals surface area contributed by atoms with Crippen LogP contribution in [0.2, 0.25) is 0 Å². The highest BCUT2D eigenvalue weighted by atomic mass is 16.5. The molecule has 6 heteroatoms. The van der Waals surface area contributed by atoms with Gasteiger partial charge in [0.05, 0.1) is 13.2 Å². The number of nitrogens with zero attached hydrogens (tertiary/aromatic N) is 1. The first kappa shape index (κ1) is 11.1. The Morgan fingerprint density at radius 2 is 1.94 bits per heavy atom. The van der Waals surface area contributed by atoms with Gasteiger partial charge in [-0.15, -0.1) is 0 Å². The molecule has 94 valence electrons. The number of ether oxygens (including phenoxy) is 2. The van der Waals surface area contributed by atoms with Gasteiger partial charge in [-0.25, -0.2) is 0 Å². The predicted molar refractivity (Wildman–Crippen MR) is 57.2 cm³/mol. The van der Waals surface area contributed by atoms with E-state index in [0.29, 0.717) is 32.6 Å². The molecule has 3 rings (SSSR count). The Morgan fingerprint density at radius 1 is 1.24 bits per heavy atom. The molecule has 3 heterocycles. The van der Waals surface area contributed by atoms with Gasteiger partial charge in [-0.3, -0.25) is 14.5 Å². The van der Waals surface area contributed by atoms with Crippen molar-refractivity contribution in [1.82, 2.24) is 10.2 Å². The second-order valence-corrected chi connectivity index (χ2v) is 4.70. The SMILES string of the molecule is O=C1C2CCC(O2)C(=O)N1CC1COCCN1. The second kappa shape index (κ2) is 4.36. The summed E-state index contributed by atoms with van der Waals surface area (Å²) in [4.78, 5) is 25.3. The minimum atomic E-state index is -0.401. The first-order valence-electron chi connectivity index (χ1n) is 6.07. The number of hydrogen-bond donors (Lipinski definition) is 1. The van der Waals surface area contributed by atoms with Crippen molar-refractivity contribution >= 4 is 11.8 Å². The summed E-state index contributed by atoms with van der Waals surface area (Å²) in [5.41, 5.74) is 0. The van der Waals surface area contributed by atoms with E-state index in [2.05, 4.69) is 5.32 Å². The van der Waals surface area contributed by atoms with E-state index in [0.717, 1.165) is 6.54 Å². The molecular weight excluding hydrogens is 224 g/mol. The van der Waals surface area contributed by atoms with Crippen LogP contribution < -0.4 is 5.32 Å². The maximum Gasteiger partial charge on any atom is 0.258 e. The van der Waals surface area contributed by atoms with E-state index in [1.54, 1.807) is 0 Å². The van der Waals surface area contributed by atoms with Crippen molar-refractivity contribution in [3.8, 4) is 0 Å². The minimum absolute atomic E-state index is 0.0501. The van der Waals surface area contributed by atoms with E-state index < -0.39 is 12.2 Å². The molecular formula is C11H16N2O4. The van der Waals surface area contributed by atoms with Crippen molar-refractivity contribution in [1.29, 1.82) is 0 Å². The molecule has 3 aliphatic heterocycles. The van der Waals surface area contributed by atoms with Crippen molar-refractivity contribution in [2.45, 2.75) is 31.1 Å². The summed E-state index contributed by atoms with van der Waals surface area (Å²) in [5.74, 6) is -0.368. The first-order chi connectivity index (χ1) is 8.25. The van der Waals surface area contributed by atoms with E-state index in [4.69, 9.17) is 9.47 Å². The number of hydrogen-bond acceptors (Lipinski definition) is 5. The molecule has 6 nitrogen and oxygen atoms in total. The standard InChI is InChI=1S/C11H16N2O4/c14-10-8-1-2-9(17-8)11(15)13(10)5-7-6-16-4-3-12-7/h7-9,12H,1-6H2. The monoisotopic (exact) mass is 240 g/mol. The van der Waals surface area contributed by atoms with E-state index >= 15 is 0 Å². The normalized spacial score (nSPS) is 37.6. The minimum Gasteiger partial charge on any atom is -0.378 e. The topological polar surface area (TPSA) is 67.9 Å². The summed E-state index contributed by atoms with van der Waals surface area (Å²) in [5, 5.41) is 3.25. The summed E-state index contributed by atoms with van der Waals surface area (Å²) in [6, 6.07) is 0.0501.